The maximum absolute atomic E-state index is 3.95. The minimum Gasteiger partial charge on any atom is -0.373 e. The molecule has 0 spiro atoms. The van der Waals surface area contributed by atoms with Crippen molar-refractivity contribution in [1.29, 1.82) is 0 Å². The Bertz CT molecular complexity index is 82.3. The van der Waals surface area contributed by atoms with Gasteiger partial charge in [-0.2, -0.15) is 0 Å². The molecule has 0 amide bonds. The molecule has 0 fully saturated rings. The van der Waals surface area contributed by atoms with Gasteiger partial charge < -0.3 is 5.32 Å². The van der Waals surface area contributed by atoms with E-state index in [0.717, 1.165) is 13.1 Å². The van der Waals surface area contributed by atoms with Crippen LogP contribution in [0, 0.1) is 0 Å². The summed E-state index contributed by atoms with van der Waals surface area (Å²) >= 11 is 0. The quantitative estimate of drug-likeness (QED) is 0.427. The predicted molar refractivity (Wildman–Crippen MR) is 30.5 cm³/mol. The summed E-state index contributed by atoms with van der Waals surface area (Å²) < 4.78 is 0. The van der Waals surface area contributed by atoms with Crippen molar-refractivity contribution in [3.05, 3.63) is 12.2 Å². The second-order valence-corrected chi connectivity index (χ2v) is 1.37. The van der Waals surface area contributed by atoms with E-state index >= 15 is 0 Å². The van der Waals surface area contributed by atoms with Crippen molar-refractivity contribution in [2.75, 3.05) is 13.1 Å². The molecule has 1 heterocycles. The molecule has 0 aromatic rings. The zero-order valence-electron chi connectivity index (χ0n) is 4.09. The molecule has 1 rings (SSSR count). The molecule has 2 heteroatoms. The molecule has 0 unspecified atom stereocenters. The summed E-state index contributed by atoms with van der Waals surface area (Å²) in [4.78, 5) is 3.95. The first kappa shape index (κ1) is 4.37. The summed E-state index contributed by atoms with van der Waals surface area (Å²) in [6, 6.07) is 0. The normalized spacial score (nSPS) is 18.3. The van der Waals surface area contributed by atoms with Gasteiger partial charge in [0.15, 0.2) is 0 Å². The number of aliphatic imine (C=N–C) groups is 1. The van der Waals surface area contributed by atoms with E-state index in [0.29, 0.717) is 0 Å². The van der Waals surface area contributed by atoms with Crippen LogP contribution in [0.5, 0.6) is 0 Å². The SMILES string of the molecule is C1=CCNC=NC1. The highest BCUT2D eigenvalue weighted by Crippen LogP contribution is 1.75. The lowest BCUT2D eigenvalue weighted by molar-refractivity contribution is 1.08. The van der Waals surface area contributed by atoms with Gasteiger partial charge >= 0.3 is 0 Å². The van der Waals surface area contributed by atoms with Crippen molar-refractivity contribution < 1.29 is 0 Å². The lowest BCUT2D eigenvalue weighted by Crippen LogP contribution is -2.08. The number of nitrogens with zero attached hydrogens (tertiary/aromatic N) is 1. The first-order chi connectivity index (χ1) is 3.50. The molecule has 1 aliphatic rings. The van der Waals surface area contributed by atoms with Crippen LogP contribution in [0.15, 0.2) is 17.1 Å². The van der Waals surface area contributed by atoms with Gasteiger partial charge in [-0.05, 0) is 0 Å². The van der Waals surface area contributed by atoms with Crippen molar-refractivity contribution in [2.45, 2.75) is 0 Å². The third-order valence-corrected chi connectivity index (χ3v) is 0.796. The van der Waals surface area contributed by atoms with Gasteiger partial charge in [0, 0.05) is 6.54 Å². The monoisotopic (exact) mass is 96.1 g/mol. The smallest absolute Gasteiger partial charge is 0.0830 e. The zero-order valence-corrected chi connectivity index (χ0v) is 4.09. The van der Waals surface area contributed by atoms with Crippen LogP contribution in [0.2, 0.25) is 0 Å². The van der Waals surface area contributed by atoms with E-state index in [-0.39, 0.29) is 0 Å². The van der Waals surface area contributed by atoms with Gasteiger partial charge in [-0.1, -0.05) is 12.2 Å². The minimum atomic E-state index is 0.826. The largest absolute Gasteiger partial charge is 0.373 e. The molecule has 0 saturated heterocycles. The topological polar surface area (TPSA) is 24.4 Å². The van der Waals surface area contributed by atoms with Crippen LogP contribution in [-0.4, -0.2) is 19.4 Å². The molecule has 0 bridgehead atoms. The van der Waals surface area contributed by atoms with Gasteiger partial charge in [-0.15, -0.1) is 0 Å². The van der Waals surface area contributed by atoms with Crippen LogP contribution in [-0.2, 0) is 0 Å². The predicted octanol–water partition coefficient (Wildman–Crippen LogP) is 0.174. The lowest BCUT2D eigenvalue weighted by atomic mass is 10.5. The van der Waals surface area contributed by atoms with Crippen molar-refractivity contribution in [3.63, 3.8) is 0 Å². The van der Waals surface area contributed by atoms with E-state index in [1.807, 2.05) is 6.08 Å². The Kier molecular flexibility index (Phi) is 1.50. The summed E-state index contributed by atoms with van der Waals surface area (Å²) in [6.45, 7) is 1.75. The minimum absolute atomic E-state index is 0.826. The van der Waals surface area contributed by atoms with Gasteiger partial charge in [0.2, 0.25) is 0 Å². The number of rotatable bonds is 0. The molecule has 0 atom stereocenters. The van der Waals surface area contributed by atoms with Crippen LogP contribution < -0.4 is 5.32 Å². The molecule has 1 N–H and O–H groups in total. The Hall–Kier alpha value is -0.790. The van der Waals surface area contributed by atoms with Crippen LogP contribution >= 0.6 is 0 Å². The summed E-state index contributed by atoms with van der Waals surface area (Å²) in [7, 11) is 0. The maximum atomic E-state index is 3.95. The Balaban J connectivity index is 2.38. The molecular weight excluding hydrogens is 88.1 g/mol. The second kappa shape index (κ2) is 2.39. The van der Waals surface area contributed by atoms with Gasteiger partial charge in [0.25, 0.3) is 0 Å². The first-order valence-corrected chi connectivity index (χ1v) is 2.37. The van der Waals surface area contributed by atoms with E-state index in [1.165, 1.54) is 0 Å². The fourth-order valence-electron chi connectivity index (χ4n) is 0.457. The average molecular weight is 96.1 g/mol. The molecule has 38 valence electrons. The highest BCUT2D eigenvalue weighted by atomic mass is 14.9. The summed E-state index contributed by atoms with van der Waals surface area (Å²) in [5.74, 6) is 0. The Morgan fingerprint density at radius 1 is 1.43 bits per heavy atom. The van der Waals surface area contributed by atoms with Crippen molar-refractivity contribution in [1.82, 2.24) is 5.32 Å². The Morgan fingerprint density at radius 3 is 3.43 bits per heavy atom. The van der Waals surface area contributed by atoms with E-state index < -0.39 is 0 Å². The van der Waals surface area contributed by atoms with E-state index in [9.17, 15) is 0 Å². The van der Waals surface area contributed by atoms with Crippen molar-refractivity contribution in [3.8, 4) is 0 Å². The third-order valence-electron chi connectivity index (χ3n) is 0.796. The zero-order chi connectivity index (χ0) is 4.95. The second-order valence-electron chi connectivity index (χ2n) is 1.37. The van der Waals surface area contributed by atoms with Gasteiger partial charge in [-0.25, -0.2) is 0 Å². The van der Waals surface area contributed by atoms with Crippen LogP contribution in [0.25, 0.3) is 0 Å². The van der Waals surface area contributed by atoms with Crippen LogP contribution in [0.1, 0.15) is 0 Å². The van der Waals surface area contributed by atoms with E-state index in [2.05, 4.69) is 16.4 Å². The standard InChI is InChI=1S/C5H8N2/c1-2-4-7-5-6-3-1/h1-2,5H,3-4H2,(H,6,7). The van der Waals surface area contributed by atoms with Gasteiger partial charge in [-0.3, -0.25) is 4.99 Å². The number of hydrogen-bond acceptors (Lipinski definition) is 2. The van der Waals surface area contributed by atoms with Gasteiger partial charge in [0.05, 0.1) is 12.9 Å². The summed E-state index contributed by atoms with van der Waals surface area (Å²) in [6.07, 6.45) is 5.84. The molecule has 0 saturated carbocycles. The van der Waals surface area contributed by atoms with Crippen molar-refractivity contribution >= 4 is 6.34 Å². The molecule has 2 nitrogen and oxygen atoms in total. The highest BCUT2D eigenvalue weighted by Gasteiger charge is 1.77. The fourth-order valence-corrected chi connectivity index (χ4v) is 0.457. The molecular formula is C5H8N2. The van der Waals surface area contributed by atoms with E-state index in [4.69, 9.17) is 0 Å². The Labute approximate surface area is 42.9 Å². The summed E-state index contributed by atoms with van der Waals surface area (Å²) in [5, 5.41) is 2.97. The third kappa shape index (κ3) is 1.39. The van der Waals surface area contributed by atoms with E-state index in [1.54, 1.807) is 6.34 Å². The molecule has 0 aromatic heterocycles. The number of nitrogens with one attached hydrogen (secondary N) is 1. The highest BCUT2D eigenvalue weighted by molar-refractivity contribution is 5.55. The average Bonchev–Trinajstić information content (AvgIpc) is 1.90. The molecule has 0 aromatic carbocycles. The number of hydrogen-bond donors (Lipinski definition) is 1. The lowest BCUT2D eigenvalue weighted by Gasteiger charge is -1.84. The van der Waals surface area contributed by atoms with Crippen LogP contribution in [0.3, 0.4) is 0 Å². The van der Waals surface area contributed by atoms with Crippen molar-refractivity contribution in [2.24, 2.45) is 4.99 Å². The molecule has 1 aliphatic heterocycles. The maximum Gasteiger partial charge on any atom is 0.0830 e. The van der Waals surface area contributed by atoms with Gasteiger partial charge in [0.1, 0.15) is 0 Å². The molecule has 0 aliphatic carbocycles. The van der Waals surface area contributed by atoms with Crippen LogP contribution in [0.4, 0.5) is 0 Å². The first-order valence-electron chi connectivity index (χ1n) is 2.37. The molecule has 7 heavy (non-hydrogen) atoms. The fraction of sp³-hybridized carbons (Fsp3) is 0.400. The Morgan fingerprint density at radius 2 is 2.43 bits per heavy atom. The summed E-state index contributed by atoms with van der Waals surface area (Å²) in [5.41, 5.74) is 0. The molecule has 0 radical (unpaired) electrons.